The highest BCUT2D eigenvalue weighted by molar-refractivity contribution is 5.80. The van der Waals surface area contributed by atoms with E-state index in [1.807, 2.05) is 20.8 Å². The molecule has 4 N–H and O–H groups in total. The number of carbonyl (C=O) groups is 1. The number of nitrogens with one attached hydrogen (secondary N) is 2. The molecule has 6 heteroatoms. The topological polar surface area (TPSA) is 101 Å². The zero-order valence-electron chi connectivity index (χ0n) is 12.1. The van der Waals surface area contributed by atoms with E-state index in [1.54, 1.807) is 13.8 Å². The van der Waals surface area contributed by atoms with Crippen LogP contribution in [0.5, 0.6) is 0 Å². The van der Waals surface area contributed by atoms with Crippen molar-refractivity contribution in [3.05, 3.63) is 27.4 Å². The maximum absolute atomic E-state index is 12.0. The molecule has 1 rings (SSSR count). The average molecular weight is 266 g/mol. The number of nitrogens with two attached hydrogens (primary N) is 1. The van der Waals surface area contributed by atoms with Crippen LogP contribution in [0, 0.1) is 19.8 Å². The number of aromatic nitrogens is 2. The minimum atomic E-state index is -0.477. The van der Waals surface area contributed by atoms with Gasteiger partial charge in [-0.2, -0.15) is 0 Å². The summed E-state index contributed by atoms with van der Waals surface area (Å²) in [4.78, 5) is 30.3. The predicted molar refractivity (Wildman–Crippen MR) is 73.7 cm³/mol. The molecule has 0 saturated carbocycles. The number of amides is 1. The Morgan fingerprint density at radius 1 is 1.32 bits per heavy atom. The van der Waals surface area contributed by atoms with E-state index in [1.165, 1.54) is 0 Å². The maximum atomic E-state index is 12.0. The van der Waals surface area contributed by atoms with Crippen LogP contribution in [0.25, 0.3) is 0 Å². The molecule has 0 aliphatic rings. The van der Waals surface area contributed by atoms with Gasteiger partial charge in [0.25, 0.3) is 5.56 Å². The Balaban J connectivity index is 3.04. The van der Waals surface area contributed by atoms with E-state index in [-0.39, 0.29) is 17.5 Å². The second-order valence-electron chi connectivity index (χ2n) is 5.16. The molecule has 1 aromatic rings. The number of carbonyl (C=O) groups excluding carboxylic acids is 1. The van der Waals surface area contributed by atoms with Gasteiger partial charge in [-0.3, -0.25) is 14.9 Å². The largest absolute Gasteiger partial charge is 0.368 e. The summed E-state index contributed by atoms with van der Waals surface area (Å²) in [6.45, 7) is 9.15. The Kier molecular flexibility index (Phi) is 4.83. The number of rotatable bonds is 5. The van der Waals surface area contributed by atoms with Crippen LogP contribution < -0.4 is 16.6 Å². The molecule has 0 aliphatic carbocycles. The molecule has 0 saturated heterocycles. The Hall–Kier alpha value is -1.69. The molecule has 0 bridgehead atoms. The highest BCUT2D eigenvalue weighted by Gasteiger charge is 2.24. The van der Waals surface area contributed by atoms with E-state index >= 15 is 0 Å². The minimum Gasteiger partial charge on any atom is -0.368 e. The predicted octanol–water partition coefficient (Wildman–Crippen LogP) is 0.547. The molecule has 0 radical (unpaired) electrons. The first kappa shape index (κ1) is 15.4. The van der Waals surface area contributed by atoms with Gasteiger partial charge in [0.15, 0.2) is 0 Å². The van der Waals surface area contributed by atoms with Gasteiger partial charge in [0, 0.05) is 11.7 Å². The van der Waals surface area contributed by atoms with Crippen molar-refractivity contribution >= 4 is 5.91 Å². The van der Waals surface area contributed by atoms with E-state index in [9.17, 15) is 9.59 Å². The summed E-state index contributed by atoms with van der Waals surface area (Å²) in [6.07, 6.45) is 0. The zero-order chi connectivity index (χ0) is 14.7. The van der Waals surface area contributed by atoms with Crippen LogP contribution in [0.4, 0.5) is 0 Å². The lowest BCUT2D eigenvalue weighted by Gasteiger charge is -2.24. The maximum Gasteiger partial charge on any atom is 0.255 e. The summed E-state index contributed by atoms with van der Waals surface area (Å²) < 4.78 is 0. The molecular weight excluding hydrogens is 244 g/mol. The quantitative estimate of drug-likeness (QED) is 0.724. The molecule has 0 fully saturated rings. The fraction of sp³-hybridized carbons (Fsp3) is 0.615. The molecule has 0 spiro atoms. The first-order chi connectivity index (χ1) is 8.73. The monoisotopic (exact) mass is 266 g/mol. The van der Waals surface area contributed by atoms with Crippen molar-refractivity contribution in [2.75, 3.05) is 0 Å². The number of aromatic amines is 1. The van der Waals surface area contributed by atoms with Crippen molar-refractivity contribution in [2.24, 2.45) is 11.7 Å². The summed E-state index contributed by atoms with van der Waals surface area (Å²) >= 11 is 0. The van der Waals surface area contributed by atoms with Crippen LogP contribution in [0.2, 0.25) is 0 Å². The van der Waals surface area contributed by atoms with E-state index in [0.717, 1.165) is 0 Å². The smallest absolute Gasteiger partial charge is 0.255 e. The SMILES string of the molecule is Cc1nc(C)c(C(C)NC(C(N)=O)C(C)C)c(=O)[nH]1. The van der Waals surface area contributed by atoms with Gasteiger partial charge in [-0.1, -0.05) is 13.8 Å². The Morgan fingerprint density at radius 2 is 1.89 bits per heavy atom. The Bertz CT molecular complexity index is 522. The Morgan fingerprint density at radius 3 is 2.32 bits per heavy atom. The standard InChI is InChI=1S/C13H22N4O2/c1-6(2)11(12(14)18)16-8(4)10-7(3)15-9(5)17-13(10)19/h6,8,11,16H,1-5H3,(H2,14,18)(H,15,17,19). The van der Waals surface area contributed by atoms with Crippen molar-refractivity contribution in [1.29, 1.82) is 0 Å². The van der Waals surface area contributed by atoms with E-state index in [4.69, 9.17) is 5.73 Å². The van der Waals surface area contributed by atoms with Crippen molar-refractivity contribution in [2.45, 2.75) is 46.7 Å². The summed E-state index contributed by atoms with van der Waals surface area (Å²) in [5.41, 5.74) is 6.38. The minimum absolute atomic E-state index is 0.0535. The molecule has 6 nitrogen and oxygen atoms in total. The van der Waals surface area contributed by atoms with Crippen LogP contribution in [0.15, 0.2) is 4.79 Å². The first-order valence-electron chi connectivity index (χ1n) is 6.36. The number of nitrogens with zero attached hydrogens (tertiary/aromatic N) is 1. The van der Waals surface area contributed by atoms with Crippen molar-refractivity contribution in [1.82, 2.24) is 15.3 Å². The summed E-state index contributed by atoms with van der Waals surface area (Å²) in [5, 5.41) is 3.10. The van der Waals surface area contributed by atoms with Gasteiger partial charge in [-0.25, -0.2) is 4.98 Å². The summed E-state index contributed by atoms with van der Waals surface area (Å²) in [7, 11) is 0. The third-order valence-corrected chi connectivity index (χ3v) is 3.10. The average Bonchev–Trinajstić information content (AvgIpc) is 2.23. The Labute approximate surface area is 112 Å². The van der Waals surface area contributed by atoms with Crippen LogP contribution >= 0.6 is 0 Å². The normalized spacial score (nSPS) is 14.4. The van der Waals surface area contributed by atoms with E-state index in [2.05, 4.69) is 15.3 Å². The molecule has 0 aromatic carbocycles. The van der Waals surface area contributed by atoms with Crippen molar-refractivity contribution in [3.63, 3.8) is 0 Å². The van der Waals surface area contributed by atoms with E-state index in [0.29, 0.717) is 17.1 Å². The number of H-pyrrole nitrogens is 1. The van der Waals surface area contributed by atoms with Crippen LogP contribution in [-0.2, 0) is 4.79 Å². The van der Waals surface area contributed by atoms with Crippen molar-refractivity contribution in [3.8, 4) is 0 Å². The second kappa shape index (κ2) is 5.97. The van der Waals surface area contributed by atoms with Gasteiger partial charge >= 0.3 is 0 Å². The lowest BCUT2D eigenvalue weighted by Crippen LogP contribution is -2.47. The lowest BCUT2D eigenvalue weighted by molar-refractivity contribution is -0.121. The zero-order valence-corrected chi connectivity index (χ0v) is 12.1. The molecule has 1 amide bonds. The van der Waals surface area contributed by atoms with Gasteiger partial charge < -0.3 is 10.7 Å². The number of primary amides is 1. The summed E-state index contributed by atoms with van der Waals surface area (Å²) in [5.74, 6) is 0.211. The van der Waals surface area contributed by atoms with Crippen LogP contribution in [-0.4, -0.2) is 21.9 Å². The molecule has 0 aliphatic heterocycles. The summed E-state index contributed by atoms with van der Waals surface area (Å²) in [6, 6.07) is -0.771. The van der Waals surface area contributed by atoms with Gasteiger partial charge in [0.1, 0.15) is 5.82 Å². The van der Waals surface area contributed by atoms with E-state index < -0.39 is 11.9 Å². The fourth-order valence-electron chi connectivity index (χ4n) is 2.20. The van der Waals surface area contributed by atoms with Crippen LogP contribution in [0.1, 0.15) is 43.9 Å². The molecular formula is C13H22N4O2. The molecule has 106 valence electrons. The molecule has 19 heavy (non-hydrogen) atoms. The number of aryl methyl sites for hydroxylation is 2. The first-order valence-corrected chi connectivity index (χ1v) is 6.36. The van der Waals surface area contributed by atoms with Crippen LogP contribution in [0.3, 0.4) is 0 Å². The van der Waals surface area contributed by atoms with Gasteiger partial charge in [-0.05, 0) is 26.7 Å². The van der Waals surface area contributed by atoms with Gasteiger partial charge in [0.2, 0.25) is 5.91 Å². The highest BCUT2D eigenvalue weighted by Crippen LogP contribution is 2.14. The van der Waals surface area contributed by atoms with Crippen molar-refractivity contribution < 1.29 is 4.79 Å². The number of hydrogen-bond acceptors (Lipinski definition) is 4. The fourth-order valence-corrected chi connectivity index (χ4v) is 2.20. The molecule has 2 unspecified atom stereocenters. The van der Waals surface area contributed by atoms with Gasteiger partial charge in [-0.15, -0.1) is 0 Å². The number of hydrogen-bond donors (Lipinski definition) is 3. The third-order valence-electron chi connectivity index (χ3n) is 3.10. The second-order valence-corrected chi connectivity index (χ2v) is 5.16. The highest BCUT2D eigenvalue weighted by atomic mass is 16.1. The molecule has 2 atom stereocenters. The lowest BCUT2D eigenvalue weighted by atomic mass is 10.0. The molecule has 1 heterocycles. The van der Waals surface area contributed by atoms with Gasteiger partial charge in [0.05, 0.1) is 11.6 Å². The molecule has 1 aromatic heterocycles. The third kappa shape index (κ3) is 3.64.